The lowest BCUT2D eigenvalue weighted by molar-refractivity contribution is 0.374. The van der Waals surface area contributed by atoms with Crippen LogP contribution in [0.2, 0.25) is 0 Å². The number of benzene rings is 1. The number of hydrogen-bond donors (Lipinski definition) is 1. The van der Waals surface area contributed by atoms with Gasteiger partial charge in [-0.15, -0.1) is 0 Å². The molecule has 0 atom stereocenters. The van der Waals surface area contributed by atoms with E-state index in [-0.39, 0.29) is 10.3 Å². The molecule has 0 amide bonds. The second kappa shape index (κ2) is 6.02. The minimum atomic E-state index is -3.76. The fraction of sp³-hybridized carbons (Fsp3) is 0.600. The first kappa shape index (κ1) is 16.4. The Morgan fingerprint density at radius 2 is 2.10 bits per heavy atom. The predicted octanol–water partition coefficient (Wildman–Crippen LogP) is 2.36. The maximum atomic E-state index is 14.0. The molecule has 1 aromatic carbocycles. The molecule has 1 saturated heterocycles. The average molecular weight is 314 g/mol. The van der Waals surface area contributed by atoms with Crippen LogP contribution in [0.4, 0.5) is 4.39 Å². The summed E-state index contributed by atoms with van der Waals surface area (Å²) >= 11 is 0. The molecule has 1 aliphatic rings. The lowest BCUT2D eigenvalue weighted by atomic mass is 9.93. The highest BCUT2D eigenvalue weighted by Gasteiger charge is 2.37. The monoisotopic (exact) mass is 314 g/mol. The molecule has 1 aromatic rings. The summed E-state index contributed by atoms with van der Waals surface area (Å²) in [5.41, 5.74) is 0.723. The fourth-order valence-electron chi connectivity index (χ4n) is 2.53. The van der Waals surface area contributed by atoms with Gasteiger partial charge >= 0.3 is 0 Å². The number of nitrogens with one attached hydrogen (secondary N) is 1. The first-order valence-corrected chi connectivity index (χ1v) is 8.69. The Morgan fingerprint density at radius 1 is 1.38 bits per heavy atom. The van der Waals surface area contributed by atoms with E-state index in [2.05, 4.69) is 5.32 Å². The zero-order valence-corrected chi connectivity index (χ0v) is 13.6. The third kappa shape index (κ3) is 3.62. The fourth-order valence-corrected chi connectivity index (χ4v) is 4.28. The molecule has 1 heterocycles. The van der Waals surface area contributed by atoms with Gasteiger partial charge in [-0.3, -0.25) is 0 Å². The van der Waals surface area contributed by atoms with Gasteiger partial charge in [0.15, 0.2) is 0 Å². The first-order chi connectivity index (χ1) is 9.76. The van der Waals surface area contributed by atoms with Crippen molar-refractivity contribution < 1.29 is 12.8 Å². The van der Waals surface area contributed by atoms with E-state index in [0.29, 0.717) is 19.6 Å². The second-order valence-electron chi connectivity index (χ2n) is 6.30. The highest BCUT2D eigenvalue weighted by molar-refractivity contribution is 7.89. The van der Waals surface area contributed by atoms with Crippen LogP contribution in [0, 0.1) is 11.2 Å². The van der Waals surface area contributed by atoms with Crippen molar-refractivity contribution in [1.82, 2.24) is 9.62 Å². The van der Waals surface area contributed by atoms with Crippen LogP contribution in [0.1, 0.15) is 32.8 Å². The van der Waals surface area contributed by atoms with Crippen LogP contribution >= 0.6 is 0 Å². The largest absolute Gasteiger partial charge is 0.313 e. The summed E-state index contributed by atoms with van der Waals surface area (Å²) in [6, 6.07) is 4.30. The van der Waals surface area contributed by atoms with E-state index in [0.717, 1.165) is 18.5 Å². The molecule has 0 saturated carbocycles. The van der Waals surface area contributed by atoms with Gasteiger partial charge in [0.05, 0.1) is 0 Å². The van der Waals surface area contributed by atoms with Gasteiger partial charge in [0.2, 0.25) is 10.0 Å². The Bertz CT molecular complexity index is 614. The number of sulfonamides is 1. The Morgan fingerprint density at radius 3 is 2.67 bits per heavy atom. The van der Waals surface area contributed by atoms with Gasteiger partial charge < -0.3 is 5.32 Å². The summed E-state index contributed by atoms with van der Waals surface area (Å²) in [5, 5.41) is 3.11. The molecule has 0 aliphatic carbocycles. The summed E-state index contributed by atoms with van der Waals surface area (Å²) in [6.45, 7) is 8.22. The molecule has 6 heteroatoms. The van der Waals surface area contributed by atoms with Gasteiger partial charge in [-0.25, -0.2) is 12.8 Å². The highest BCUT2D eigenvalue weighted by atomic mass is 32.2. The predicted molar refractivity (Wildman–Crippen MR) is 80.9 cm³/mol. The molecule has 1 aliphatic heterocycles. The van der Waals surface area contributed by atoms with Crippen molar-refractivity contribution >= 4 is 10.0 Å². The second-order valence-corrected chi connectivity index (χ2v) is 8.20. The molecule has 0 unspecified atom stereocenters. The smallest absolute Gasteiger partial charge is 0.246 e. The van der Waals surface area contributed by atoms with Crippen molar-refractivity contribution in [3.63, 3.8) is 0 Å². The maximum absolute atomic E-state index is 14.0. The summed E-state index contributed by atoms with van der Waals surface area (Å²) in [4.78, 5) is -0.212. The van der Waals surface area contributed by atoms with Crippen LogP contribution < -0.4 is 5.32 Å². The van der Waals surface area contributed by atoms with E-state index in [1.807, 2.05) is 20.8 Å². The van der Waals surface area contributed by atoms with Gasteiger partial charge in [0.25, 0.3) is 0 Å². The van der Waals surface area contributed by atoms with Crippen molar-refractivity contribution in [2.45, 2.75) is 38.6 Å². The maximum Gasteiger partial charge on any atom is 0.246 e. The van der Waals surface area contributed by atoms with Crippen molar-refractivity contribution in [2.75, 3.05) is 19.6 Å². The van der Waals surface area contributed by atoms with Crippen molar-refractivity contribution in [3.8, 4) is 0 Å². The molecule has 1 N–H and O–H groups in total. The van der Waals surface area contributed by atoms with Gasteiger partial charge in [0.1, 0.15) is 10.7 Å². The van der Waals surface area contributed by atoms with Crippen LogP contribution in [0.5, 0.6) is 0 Å². The lowest BCUT2D eigenvalue weighted by Gasteiger charge is -2.20. The van der Waals surface area contributed by atoms with E-state index in [9.17, 15) is 12.8 Å². The standard InChI is InChI=1S/C15H23FN2O2S/c1-4-17-10-12-5-6-13(16)14(9-12)21(19,20)18-8-7-15(2,3)11-18/h5-6,9,17H,4,7-8,10-11H2,1-3H3. The molecule has 4 nitrogen and oxygen atoms in total. The van der Waals surface area contributed by atoms with E-state index in [4.69, 9.17) is 0 Å². The van der Waals surface area contributed by atoms with Crippen molar-refractivity contribution in [2.24, 2.45) is 5.41 Å². The third-order valence-electron chi connectivity index (χ3n) is 3.83. The molecule has 21 heavy (non-hydrogen) atoms. The first-order valence-electron chi connectivity index (χ1n) is 7.25. The number of rotatable bonds is 5. The Balaban J connectivity index is 2.31. The molecule has 0 spiro atoms. The van der Waals surface area contributed by atoms with Gasteiger partial charge in [0, 0.05) is 19.6 Å². The van der Waals surface area contributed by atoms with E-state index < -0.39 is 15.8 Å². The SMILES string of the molecule is CCNCc1ccc(F)c(S(=O)(=O)N2CCC(C)(C)C2)c1. The van der Waals surface area contributed by atoms with Crippen LogP contribution in [-0.2, 0) is 16.6 Å². The molecule has 118 valence electrons. The highest BCUT2D eigenvalue weighted by Crippen LogP contribution is 2.33. The Hall–Kier alpha value is -0.980. The van der Waals surface area contributed by atoms with Gasteiger partial charge in [-0.2, -0.15) is 4.31 Å². The Labute approximate surface area is 126 Å². The molecule has 2 rings (SSSR count). The number of halogens is 1. The zero-order chi connectivity index (χ0) is 15.7. The van der Waals surface area contributed by atoms with Crippen LogP contribution in [0.25, 0.3) is 0 Å². The topological polar surface area (TPSA) is 49.4 Å². The molecule has 0 radical (unpaired) electrons. The van der Waals surface area contributed by atoms with E-state index in [1.165, 1.54) is 16.4 Å². The van der Waals surface area contributed by atoms with Crippen LogP contribution in [0.3, 0.4) is 0 Å². The van der Waals surface area contributed by atoms with Crippen molar-refractivity contribution in [3.05, 3.63) is 29.6 Å². The van der Waals surface area contributed by atoms with Crippen LogP contribution in [0.15, 0.2) is 23.1 Å². The number of nitrogens with zero attached hydrogens (tertiary/aromatic N) is 1. The molecule has 0 aromatic heterocycles. The molecule has 1 fully saturated rings. The normalized spacial score (nSPS) is 19.0. The minimum Gasteiger partial charge on any atom is -0.313 e. The molecular formula is C15H23FN2O2S. The quantitative estimate of drug-likeness (QED) is 0.907. The third-order valence-corrected chi connectivity index (χ3v) is 5.70. The molecule has 0 bridgehead atoms. The van der Waals surface area contributed by atoms with Crippen molar-refractivity contribution in [1.29, 1.82) is 0 Å². The Kier molecular flexibility index (Phi) is 4.70. The summed E-state index contributed by atoms with van der Waals surface area (Å²) in [6.07, 6.45) is 0.797. The lowest BCUT2D eigenvalue weighted by Crippen LogP contribution is -2.31. The van der Waals surface area contributed by atoms with Gasteiger partial charge in [-0.05, 0) is 36.1 Å². The minimum absolute atomic E-state index is 0.0507. The van der Waals surface area contributed by atoms with Crippen LogP contribution in [-0.4, -0.2) is 32.4 Å². The molecular weight excluding hydrogens is 291 g/mol. The van der Waals surface area contributed by atoms with E-state index >= 15 is 0 Å². The van der Waals surface area contributed by atoms with Gasteiger partial charge in [-0.1, -0.05) is 26.8 Å². The summed E-state index contributed by atoms with van der Waals surface area (Å²) < 4.78 is 40.7. The average Bonchev–Trinajstić information content (AvgIpc) is 2.78. The zero-order valence-electron chi connectivity index (χ0n) is 12.8. The summed E-state index contributed by atoms with van der Waals surface area (Å²) in [5.74, 6) is -0.681. The van der Waals surface area contributed by atoms with E-state index in [1.54, 1.807) is 6.07 Å². The number of hydrogen-bond acceptors (Lipinski definition) is 3. The summed E-state index contributed by atoms with van der Waals surface area (Å²) in [7, 11) is -3.76.